The molecule has 0 fully saturated rings. The predicted molar refractivity (Wildman–Crippen MR) is 83.0 cm³/mol. The molecule has 108 valence electrons. The van der Waals surface area contributed by atoms with Gasteiger partial charge in [0.2, 0.25) is 0 Å². The minimum atomic E-state index is 0.490. The summed E-state index contributed by atoms with van der Waals surface area (Å²) >= 11 is 7.90. The number of nitrogens with zero attached hydrogens (tertiary/aromatic N) is 4. The highest BCUT2D eigenvalue weighted by Gasteiger charge is 2.15. The molecule has 0 unspecified atom stereocenters. The molecule has 0 bridgehead atoms. The molecule has 2 heterocycles. The van der Waals surface area contributed by atoms with Crippen molar-refractivity contribution in [2.45, 2.75) is 44.6 Å². The molecule has 0 atom stereocenters. The molecule has 0 spiro atoms. The molecule has 2 rings (SSSR count). The third-order valence-electron chi connectivity index (χ3n) is 2.89. The van der Waals surface area contributed by atoms with Gasteiger partial charge in [-0.3, -0.25) is 4.68 Å². The Balaban J connectivity index is 2.20. The summed E-state index contributed by atoms with van der Waals surface area (Å²) in [5, 5.41) is 5.92. The van der Waals surface area contributed by atoms with Gasteiger partial charge in [-0.15, -0.1) is 0 Å². The standard InChI is InChI=1S/C13H18ClN5S/c1-4-9-12(14)10(19(5-2)18-9)7-20-13-16-8(3)6-11(15)17-13/h6H,4-5,7H2,1-3H3,(H2,15,16,17). The van der Waals surface area contributed by atoms with Gasteiger partial charge >= 0.3 is 0 Å². The van der Waals surface area contributed by atoms with Gasteiger partial charge < -0.3 is 5.73 Å². The molecule has 20 heavy (non-hydrogen) atoms. The topological polar surface area (TPSA) is 69.6 Å². The summed E-state index contributed by atoms with van der Waals surface area (Å²) in [6, 6.07) is 1.75. The summed E-state index contributed by atoms with van der Waals surface area (Å²) in [7, 11) is 0. The van der Waals surface area contributed by atoms with Crippen molar-refractivity contribution in [3.8, 4) is 0 Å². The van der Waals surface area contributed by atoms with Crippen LogP contribution in [0.5, 0.6) is 0 Å². The van der Waals surface area contributed by atoms with Crippen molar-refractivity contribution < 1.29 is 0 Å². The number of hydrogen-bond donors (Lipinski definition) is 1. The van der Waals surface area contributed by atoms with E-state index >= 15 is 0 Å². The van der Waals surface area contributed by atoms with E-state index < -0.39 is 0 Å². The Morgan fingerprint density at radius 1 is 1.35 bits per heavy atom. The molecule has 5 nitrogen and oxygen atoms in total. The van der Waals surface area contributed by atoms with Gasteiger partial charge in [0.05, 0.1) is 16.4 Å². The minimum absolute atomic E-state index is 0.490. The molecule has 0 radical (unpaired) electrons. The van der Waals surface area contributed by atoms with Crippen LogP contribution in [0.4, 0.5) is 5.82 Å². The van der Waals surface area contributed by atoms with Crippen LogP contribution in [-0.4, -0.2) is 19.7 Å². The zero-order chi connectivity index (χ0) is 14.7. The van der Waals surface area contributed by atoms with Gasteiger partial charge in [0.15, 0.2) is 5.16 Å². The van der Waals surface area contributed by atoms with Crippen LogP contribution in [0.25, 0.3) is 0 Å². The van der Waals surface area contributed by atoms with E-state index in [1.807, 2.05) is 11.6 Å². The van der Waals surface area contributed by atoms with Crippen LogP contribution in [0.15, 0.2) is 11.2 Å². The molecule has 0 aliphatic heterocycles. The maximum absolute atomic E-state index is 6.37. The molecule has 0 saturated heterocycles. The summed E-state index contributed by atoms with van der Waals surface area (Å²) in [4.78, 5) is 8.58. The molecule has 2 N–H and O–H groups in total. The third kappa shape index (κ3) is 3.24. The number of hydrogen-bond acceptors (Lipinski definition) is 5. The maximum atomic E-state index is 6.37. The quantitative estimate of drug-likeness (QED) is 0.678. The first kappa shape index (κ1) is 15.1. The van der Waals surface area contributed by atoms with E-state index in [0.29, 0.717) is 16.7 Å². The number of halogens is 1. The Hall–Kier alpha value is -1.27. The van der Waals surface area contributed by atoms with Crippen LogP contribution >= 0.6 is 23.4 Å². The highest BCUT2D eigenvalue weighted by Crippen LogP contribution is 2.28. The number of thioether (sulfide) groups is 1. The molecule has 0 aromatic carbocycles. The van der Waals surface area contributed by atoms with Crippen molar-refractivity contribution in [2.24, 2.45) is 0 Å². The van der Waals surface area contributed by atoms with Crippen LogP contribution in [0.3, 0.4) is 0 Å². The van der Waals surface area contributed by atoms with Gasteiger partial charge in [-0.1, -0.05) is 30.3 Å². The number of rotatable bonds is 5. The van der Waals surface area contributed by atoms with Crippen LogP contribution in [-0.2, 0) is 18.7 Å². The molecule has 7 heteroatoms. The third-order valence-corrected chi connectivity index (χ3v) is 4.18. The minimum Gasteiger partial charge on any atom is -0.384 e. The summed E-state index contributed by atoms with van der Waals surface area (Å²) < 4.78 is 1.94. The second-order valence-corrected chi connectivity index (χ2v) is 5.70. The Labute approximate surface area is 127 Å². The van der Waals surface area contributed by atoms with E-state index in [1.165, 1.54) is 11.8 Å². The Kier molecular flexibility index (Phi) is 4.88. The van der Waals surface area contributed by atoms with Crippen molar-refractivity contribution in [1.82, 2.24) is 19.7 Å². The molecular formula is C13H18ClN5S. The summed E-state index contributed by atoms with van der Waals surface area (Å²) in [5.74, 6) is 1.17. The lowest BCUT2D eigenvalue weighted by atomic mass is 10.3. The molecule has 0 aliphatic rings. The van der Waals surface area contributed by atoms with E-state index in [1.54, 1.807) is 6.07 Å². The first-order valence-corrected chi connectivity index (χ1v) is 7.89. The molecule has 0 aliphatic carbocycles. The van der Waals surface area contributed by atoms with E-state index in [2.05, 4.69) is 28.9 Å². The van der Waals surface area contributed by atoms with Crippen LogP contribution in [0, 0.1) is 6.92 Å². The second-order valence-electron chi connectivity index (χ2n) is 4.38. The van der Waals surface area contributed by atoms with Gasteiger partial charge in [0.25, 0.3) is 0 Å². The van der Waals surface area contributed by atoms with Gasteiger partial charge in [-0.05, 0) is 20.3 Å². The Morgan fingerprint density at radius 2 is 2.10 bits per heavy atom. The first-order chi connectivity index (χ1) is 9.55. The Bertz CT molecular complexity index is 591. The van der Waals surface area contributed by atoms with Crippen molar-refractivity contribution in [1.29, 1.82) is 0 Å². The van der Waals surface area contributed by atoms with Crippen LogP contribution in [0.2, 0.25) is 5.02 Å². The fraction of sp³-hybridized carbons (Fsp3) is 0.462. The van der Waals surface area contributed by atoms with Crippen molar-refractivity contribution in [3.05, 3.63) is 28.2 Å². The summed E-state index contributed by atoms with van der Waals surface area (Å²) in [6.45, 7) is 6.81. The maximum Gasteiger partial charge on any atom is 0.190 e. The molecular weight excluding hydrogens is 294 g/mol. The van der Waals surface area contributed by atoms with Gasteiger partial charge in [0.1, 0.15) is 5.82 Å². The number of aromatic nitrogens is 4. The molecule has 2 aromatic heterocycles. The summed E-state index contributed by atoms with van der Waals surface area (Å²) in [5.41, 5.74) is 8.55. The van der Waals surface area contributed by atoms with Gasteiger partial charge in [-0.2, -0.15) is 5.10 Å². The van der Waals surface area contributed by atoms with Gasteiger partial charge in [0, 0.05) is 24.1 Å². The number of anilines is 1. The van der Waals surface area contributed by atoms with E-state index in [0.717, 1.165) is 35.1 Å². The summed E-state index contributed by atoms with van der Waals surface area (Å²) in [6.07, 6.45) is 0.831. The Morgan fingerprint density at radius 3 is 2.70 bits per heavy atom. The first-order valence-electron chi connectivity index (χ1n) is 6.53. The number of aryl methyl sites for hydroxylation is 3. The largest absolute Gasteiger partial charge is 0.384 e. The van der Waals surface area contributed by atoms with Crippen molar-refractivity contribution in [3.63, 3.8) is 0 Å². The monoisotopic (exact) mass is 311 g/mol. The predicted octanol–water partition coefficient (Wildman–Crippen LogP) is 3.09. The fourth-order valence-corrected chi connectivity index (χ4v) is 3.27. The average Bonchev–Trinajstić information content (AvgIpc) is 2.71. The smallest absolute Gasteiger partial charge is 0.190 e. The van der Waals surface area contributed by atoms with E-state index in [4.69, 9.17) is 17.3 Å². The lowest BCUT2D eigenvalue weighted by molar-refractivity contribution is 0.628. The molecule has 0 saturated carbocycles. The fourth-order valence-electron chi connectivity index (χ4n) is 1.92. The number of nitrogens with two attached hydrogens (primary N) is 1. The zero-order valence-corrected chi connectivity index (χ0v) is 13.4. The lowest BCUT2D eigenvalue weighted by Gasteiger charge is -2.05. The van der Waals surface area contributed by atoms with E-state index in [9.17, 15) is 0 Å². The second kappa shape index (κ2) is 6.45. The SMILES string of the molecule is CCc1nn(CC)c(CSc2nc(C)cc(N)n2)c1Cl. The highest BCUT2D eigenvalue weighted by atomic mass is 35.5. The molecule has 0 amide bonds. The van der Waals surface area contributed by atoms with E-state index in [-0.39, 0.29) is 0 Å². The average molecular weight is 312 g/mol. The normalized spacial score (nSPS) is 11.0. The lowest BCUT2D eigenvalue weighted by Crippen LogP contribution is -2.03. The van der Waals surface area contributed by atoms with Crippen LogP contribution < -0.4 is 5.73 Å². The zero-order valence-electron chi connectivity index (χ0n) is 11.9. The molecule has 2 aromatic rings. The van der Waals surface area contributed by atoms with Crippen molar-refractivity contribution in [2.75, 3.05) is 5.73 Å². The van der Waals surface area contributed by atoms with Crippen molar-refractivity contribution >= 4 is 29.2 Å². The highest BCUT2D eigenvalue weighted by molar-refractivity contribution is 7.98. The van der Waals surface area contributed by atoms with Crippen LogP contribution in [0.1, 0.15) is 30.9 Å². The van der Waals surface area contributed by atoms with Gasteiger partial charge in [-0.25, -0.2) is 9.97 Å². The number of nitrogen functional groups attached to an aromatic ring is 1.